The lowest BCUT2D eigenvalue weighted by molar-refractivity contribution is -0.121. The van der Waals surface area contributed by atoms with Gasteiger partial charge in [0.2, 0.25) is 5.91 Å². The second-order valence-corrected chi connectivity index (χ2v) is 5.89. The third-order valence-corrected chi connectivity index (χ3v) is 3.02. The molecule has 104 valence electrons. The highest BCUT2D eigenvalue weighted by molar-refractivity contribution is 5.75. The zero-order valence-electron chi connectivity index (χ0n) is 11.7. The van der Waals surface area contributed by atoms with Gasteiger partial charge >= 0.3 is 6.09 Å². The molecule has 0 aromatic heterocycles. The minimum Gasteiger partial charge on any atom is -0.444 e. The standard InChI is InChI=1S/C13H24N2O3/c1-13(2,3)18-12(17)15-10-7-9(8-10)5-6-11(16)14-4/h9-10H,5-8H2,1-4H3,(H,14,16)(H,15,17). The summed E-state index contributed by atoms with van der Waals surface area (Å²) in [4.78, 5) is 22.6. The molecule has 0 spiro atoms. The fourth-order valence-electron chi connectivity index (χ4n) is 2.02. The number of amides is 2. The molecule has 0 atom stereocenters. The van der Waals surface area contributed by atoms with Gasteiger partial charge < -0.3 is 15.4 Å². The van der Waals surface area contributed by atoms with Crippen LogP contribution in [0.25, 0.3) is 0 Å². The van der Waals surface area contributed by atoms with Gasteiger partial charge in [0, 0.05) is 19.5 Å². The van der Waals surface area contributed by atoms with Crippen molar-refractivity contribution in [3.63, 3.8) is 0 Å². The van der Waals surface area contributed by atoms with Crippen LogP contribution in [0, 0.1) is 5.92 Å². The van der Waals surface area contributed by atoms with E-state index in [0.717, 1.165) is 19.3 Å². The van der Waals surface area contributed by atoms with E-state index in [0.29, 0.717) is 12.3 Å². The van der Waals surface area contributed by atoms with Crippen molar-refractivity contribution < 1.29 is 14.3 Å². The van der Waals surface area contributed by atoms with Crippen LogP contribution in [0.15, 0.2) is 0 Å². The second kappa shape index (κ2) is 6.07. The van der Waals surface area contributed by atoms with Crippen LogP contribution in [0.1, 0.15) is 46.5 Å². The van der Waals surface area contributed by atoms with Crippen LogP contribution in [0.3, 0.4) is 0 Å². The Morgan fingerprint density at radius 2 is 1.89 bits per heavy atom. The third-order valence-electron chi connectivity index (χ3n) is 3.02. The van der Waals surface area contributed by atoms with Crippen LogP contribution in [-0.4, -0.2) is 30.7 Å². The molecule has 0 radical (unpaired) electrons. The Labute approximate surface area is 109 Å². The Morgan fingerprint density at radius 3 is 2.39 bits per heavy atom. The monoisotopic (exact) mass is 256 g/mol. The number of alkyl carbamates (subject to hydrolysis) is 1. The van der Waals surface area contributed by atoms with Crippen molar-refractivity contribution in [1.82, 2.24) is 10.6 Å². The lowest BCUT2D eigenvalue weighted by Crippen LogP contribution is -2.46. The molecule has 5 nitrogen and oxygen atoms in total. The lowest BCUT2D eigenvalue weighted by atomic mass is 9.77. The van der Waals surface area contributed by atoms with Gasteiger partial charge in [0.25, 0.3) is 0 Å². The van der Waals surface area contributed by atoms with Gasteiger partial charge in [-0.05, 0) is 46.0 Å². The van der Waals surface area contributed by atoms with E-state index in [1.807, 2.05) is 20.8 Å². The molecule has 18 heavy (non-hydrogen) atoms. The molecule has 0 heterocycles. The Bertz CT molecular complexity index is 304. The van der Waals surface area contributed by atoms with Crippen molar-refractivity contribution >= 4 is 12.0 Å². The summed E-state index contributed by atoms with van der Waals surface area (Å²) in [5.74, 6) is 0.626. The van der Waals surface area contributed by atoms with Crippen molar-refractivity contribution in [1.29, 1.82) is 0 Å². The van der Waals surface area contributed by atoms with Gasteiger partial charge in [-0.15, -0.1) is 0 Å². The fraction of sp³-hybridized carbons (Fsp3) is 0.846. The molecule has 1 saturated carbocycles. The first-order valence-corrected chi connectivity index (χ1v) is 6.50. The first-order valence-electron chi connectivity index (χ1n) is 6.50. The van der Waals surface area contributed by atoms with E-state index in [2.05, 4.69) is 10.6 Å². The summed E-state index contributed by atoms with van der Waals surface area (Å²) in [5.41, 5.74) is -0.452. The zero-order chi connectivity index (χ0) is 13.8. The molecule has 1 aliphatic rings. The van der Waals surface area contributed by atoms with Crippen LogP contribution >= 0.6 is 0 Å². The summed E-state index contributed by atoms with van der Waals surface area (Å²) in [5, 5.41) is 5.45. The molecule has 2 N–H and O–H groups in total. The fourth-order valence-corrected chi connectivity index (χ4v) is 2.02. The summed E-state index contributed by atoms with van der Waals surface area (Å²) in [6.45, 7) is 5.54. The minimum atomic E-state index is -0.452. The topological polar surface area (TPSA) is 67.4 Å². The molecule has 0 unspecified atom stereocenters. The van der Waals surface area contributed by atoms with Gasteiger partial charge in [0.15, 0.2) is 0 Å². The average Bonchev–Trinajstić information content (AvgIpc) is 2.17. The number of ether oxygens (including phenoxy) is 1. The summed E-state index contributed by atoms with van der Waals surface area (Å²) in [6, 6.07) is 0.203. The molecule has 5 heteroatoms. The third kappa shape index (κ3) is 5.38. The van der Waals surface area contributed by atoms with E-state index in [1.54, 1.807) is 7.05 Å². The molecular weight excluding hydrogens is 232 g/mol. The van der Waals surface area contributed by atoms with Crippen LogP contribution in [0.5, 0.6) is 0 Å². The summed E-state index contributed by atoms with van der Waals surface area (Å²) >= 11 is 0. The van der Waals surface area contributed by atoms with Gasteiger partial charge in [-0.3, -0.25) is 4.79 Å². The summed E-state index contributed by atoms with van der Waals surface area (Å²) in [6.07, 6.45) is 3.00. The zero-order valence-corrected chi connectivity index (χ0v) is 11.7. The average molecular weight is 256 g/mol. The first-order chi connectivity index (χ1) is 8.30. The van der Waals surface area contributed by atoms with Crippen molar-refractivity contribution in [2.75, 3.05) is 7.05 Å². The maximum absolute atomic E-state index is 11.5. The summed E-state index contributed by atoms with van der Waals surface area (Å²) < 4.78 is 5.18. The van der Waals surface area contributed by atoms with Crippen molar-refractivity contribution in [2.45, 2.75) is 58.1 Å². The predicted molar refractivity (Wildman–Crippen MR) is 69.2 cm³/mol. The molecule has 1 rings (SSSR count). The minimum absolute atomic E-state index is 0.0820. The van der Waals surface area contributed by atoms with Crippen LogP contribution in [0.2, 0.25) is 0 Å². The highest BCUT2D eigenvalue weighted by Crippen LogP contribution is 2.31. The van der Waals surface area contributed by atoms with Crippen LogP contribution in [0.4, 0.5) is 4.79 Å². The van der Waals surface area contributed by atoms with E-state index < -0.39 is 5.60 Å². The van der Waals surface area contributed by atoms with Crippen LogP contribution in [-0.2, 0) is 9.53 Å². The van der Waals surface area contributed by atoms with Crippen molar-refractivity contribution in [3.05, 3.63) is 0 Å². The van der Waals surface area contributed by atoms with E-state index in [9.17, 15) is 9.59 Å². The highest BCUT2D eigenvalue weighted by Gasteiger charge is 2.31. The Hall–Kier alpha value is -1.26. The number of hydrogen-bond acceptors (Lipinski definition) is 3. The van der Waals surface area contributed by atoms with E-state index in [1.165, 1.54) is 0 Å². The second-order valence-electron chi connectivity index (χ2n) is 5.89. The largest absolute Gasteiger partial charge is 0.444 e. The number of carbonyl (C=O) groups is 2. The molecule has 0 aromatic rings. The number of rotatable bonds is 4. The molecule has 0 aromatic carbocycles. The maximum Gasteiger partial charge on any atom is 0.407 e. The quantitative estimate of drug-likeness (QED) is 0.806. The summed E-state index contributed by atoms with van der Waals surface area (Å²) in [7, 11) is 1.65. The van der Waals surface area contributed by atoms with E-state index in [4.69, 9.17) is 4.74 Å². The molecule has 2 amide bonds. The molecule has 0 saturated heterocycles. The number of nitrogens with one attached hydrogen (secondary N) is 2. The molecule has 1 fully saturated rings. The highest BCUT2D eigenvalue weighted by atomic mass is 16.6. The smallest absolute Gasteiger partial charge is 0.407 e. The first kappa shape index (κ1) is 14.8. The Kier molecular flexibility index (Phi) is 4.99. The molecule has 0 bridgehead atoms. The maximum atomic E-state index is 11.5. The molecular formula is C13H24N2O3. The van der Waals surface area contributed by atoms with Gasteiger partial charge in [-0.25, -0.2) is 4.79 Å². The lowest BCUT2D eigenvalue weighted by Gasteiger charge is -2.36. The Morgan fingerprint density at radius 1 is 1.28 bits per heavy atom. The van der Waals surface area contributed by atoms with E-state index >= 15 is 0 Å². The number of carbonyl (C=O) groups excluding carboxylic acids is 2. The van der Waals surface area contributed by atoms with Gasteiger partial charge in [0.05, 0.1) is 0 Å². The van der Waals surface area contributed by atoms with E-state index in [-0.39, 0.29) is 18.0 Å². The molecule has 1 aliphatic carbocycles. The van der Waals surface area contributed by atoms with Gasteiger partial charge in [0.1, 0.15) is 5.60 Å². The van der Waals surface area contributed by atoms with Gasteiger partial charge in [-0.1, -0.05) is 0 Å². The SMILES string of the molecule is CNC(=O)CCC1CC(NC(=O)OC(C)(C)C)C1. The predicted octanol–water partition coefficient (Wildman–Crippen LogP) is 1.82. The number of hydrogen-bond donors (Lipinski definition) is 2. The van der Waals surface area contributed by atoms with Gasteiger partial charge in [-0.2, -0.15) is 0 Å². The Balaban J connectivity index is 2.12. The van der Waals surface area contributed by atoms with Crippen molar-refractivity contribution in [3.8, 4) is 0 Å². The molecule has 0 aliphatic heterocycles. The van der Waals surface area contributed by atoms with Crippen molar-refractivity contribution in [2.24, 2.45) is 5.92 Å². The normalized spacial score (nSPS) is 22.9. The van der Waals surface area contributed by atoms with Crippen LogP contribution < -0.4 is 10.6 Å².